The lowest BCUT2D eigenvalue weighted by atomic mass is 10.1. The summed E-state index contributed by atoms with van der Waals surface area (Å²) in [6, 6.07) is -0.356. The fourth-order valence-electron chi connectivity index (χ4n) is 2.41. The molecule has 3 N–H and O–H groups in total. The van der Waals surface area contributed by atoms with Gasteiger partial charge in [-0.25, -0.2) is 0 Å². The molecule has 1 aliphatic heterocycles. The van der Waals surface area contributed by atoms with Crippen LogP contribution in [-0.4, -0.2) is 55.2 Å². The average molecular weight is 257 g/mol. The first-order valence-electron chi connectivity index (χ1n) is 6.99. The Bertz CT molecular complexity index is 257. The van der Waals surface area contributed by atoms with E-state index in [9.17, 15) is 4.79 Å². The molecule has 1 saturated heterocycles. The van der Waals surface area contributed by atoms with Gasteiger partial charge in [0.25, 0.3) is 0 Å². The van der Waals surface area contributed by atoms with Gasteiger partial charge in [0, 0.05) is 13.1 Å². The maximum absolute atomic E-state index is 11.5. The Hall–Kier alpha value is -0.650. The fraction of sp³-hybridized carbons (Fsp3) is 0.923. The number of amides is 1. The third kappa shape index (κ3) is 4.55. The van der Waals surface area contributed by atoms with Gasteiger partial charge in [-0.05, 0) is 32.9 Å². The van der Waals surface area contributed by atoms with Crippen LogP contribution in [0, 0.1) is 0 Å². The van der Waals surface area contributed by atoms with Crippen LogP contribution >= 0.6 is 0 Å². The standard InChI is InChI=1S/C13H27N3O2/c1-4-16(5-2)9-8-15-12(13(14)17)11-7-6-10(3)18-11/h10-12,15H,4-9H2,1-3H3,(H2,14,17). The zero-order chi connectivity index (χ0) is 13.5. The largest absolute Gasteiger partial charge is 0.373 e. The minimum atomic E-state index is -0.356. The number of nitrogens with zero attached hydrogens (tertiary/aromatic N) is 1. The molecule has 1 amide bonds. The summed E-state index contributed by atoms with van der Waals surface area (Å²) in [5.41, 5.74) is 5.45. The first kappa shape index (κ1) is 15.4. The molecule has 0 saturated carbocycles. The van der Waals surface area contributed by atoms with Crippen LogP contribution in [0.5, 0.6) is 0 Å². The summed E-state index contributed by atoms with van der Waals surface area (Å²) >= 11 is 0. The van der Waals surface area contributed by atoms with Crippen molar-refractivity contribution in [2.75, 3.05) is 26.2 Å². The highest BCUT2D eigenvalue weighted by molar-refractivity contribution is 5.80. The molecule has 5 heteroatoms. The van der Waals surface area contributed by atoms with E-state index in [-0.39, 0.29) is 24.2 Å². The van der Waals surface area contributed by atoms with Gasteiger partial charge in [0.1, 0.15) is 6.04 Å². The molecule has 5 nitrogen and oxygen atoms in total. The van der Waals surface area contributed by atoms with E-state index in [4.69, 9.17) is 10.5 Å². The molecule has 1 heterocycles. The van der Waals surface area contributed by atoms with Gasteiger partial charge in [-0.15, -0.1) is 0 Å². The van der Waals surface area contributed by atoms with E-state index < -0.39 is 0 Å². The second kappa shape index (κ2) is 7.71. The lowest BCUT2D eigenvalue weighted by molar-refractivity contribution is -0.123. The van der Waals surface area contributed by atoms with Crippen molar-refractivity contribution in [3.8, 4) is 0 Å². The van der Waals surface area contributed by atoms with Crippen LogP contribution in [-0.2, 0) is 9.53 Å². The zero-order valence-electron chi connectivity index (χ0n) is 11.8. The molecular weight excluding hydrogens is 230 g/mol. The molecule has 0 bridgehead atoms. The maximum Gasteiger partial charge on any atom is 0.237 e. The summed E-state index contributed by atoms with van der Waals surface area (Å²) in [7, 11) is 0. The molecule has 1 aliphatic rings. The number of primary amides is 1. The summed E-state index contributed by atoms with van der Waals surface area (Å²) in [6.07, 6.45) is 2.09. The number of rotatable bonds is 8. The molecule has 0 aromatic rings. The third-order valence-electron chi connectivity index (χ3n) is 3.63. The molecular formula is C13H27N3O2. The van der Waals surface area contributed by atoms with Gasteiger partial charge in [0.05, 0.1) is 12.2 Å². The molecule has 0 radical (unpaired) electrons. The molecule has 0 aliphatic carbocycles. The quantitative estimate of drug-likeness (QED) is 0.658. The molecule has 0 aromatic carbocycles. The summed E-state index contributed by atoms with van der Waals surface area (Å²) in [5.74, 6) is -0.311. The van der Waals surface area contributed by atoms with E-state index in [0.29, 0.717) is 0 Å². The van der Waals surface area contributed by atoms with Gasteiger partial charge in [0.2, 0.25) is 5.91 Å². The second-order valence-electron chi connectivity index (χ2n) is 4.92. The number of carbonyl (C=O) groups is 1. The lowest BCUT2D eigenvalue weighted by Gasteiger charge is -2.24. The van der Waals surface area contributed by atoms with E-state index in [0.717, 1.165) is 39.0 Å². The van der Waals surface area contributed by atoms with Gasteiger partial charge >= 0.3 is 0 Å². The highest BCUT2D eigenvalue weighted by Gasteiger charge is 2.32. The molecule has 3 unspecified atom stereocenters. The van der Waals surface area contributed by atoms with Crippen molar-refractivity contribution < 1.29 is 9.53 Å². The Morgan fingerprint density at radius 2 is 2.11 bits per heavy atom. The summed E-state index contributed by atoms with van der Waals surface area (Å²) in [4.78, 5) is 13.8. The molecule has 1 rings (SSSR count). The van der Waals surface area contributed by atoms with Crippen molar-refractivity contribution in [3.63, 3.8) is 0 Å². The third-order valence-corrected chi connectivity index (χ3v) is 3.63. The summed E-state index contributed by atoms with van der Waals surface area (Å²) in [5, 5.41) is 3.24. The van der Waals surface area contributed by atoms with Crippen LogP contribution in [0.2, 0.25) is 0 Å². The van der Waals surface area contributed by atoms with Crippen molar-refractivity contribution in [3.05, 3.63) is 0 Å². The van der Waals surface area contributed by atoms with Crippen LogP contribution < -0.4 is 11.1 Å². The van der Waals surface area contributed by atoms with Crippen LogP contribution in [0.15, 0.2) is 0 Å². The molecule has 0 spiro atoms. The monoisotopic (exact) mass is 257 g/mol. The van der Waals surface area contributed by atoms with Crippen LogP contribution in [0.25, 0.3) is 0 Å². The number of ether oxygens (including phenoxy) is 1. The van der Waals surface area contributed by atoms with Gasteiger partial charge in [0.15, 0.2) is 0 Å². The van der Waals surface area contributed by atoms with Gasteiger partial charge < -0.3 is 20.7 Å². The Labute approximate surface area is 110 Å². The smallest absolute Gasteiger partial charge is 0.237 e. The lowest BCUT2D eigenvalue weighted by Crippen LogP contribution is -2.51. The maximum atomic E-state index is 11.5. The van der Waals surface area contributed by atoms with Crippen molar-refractivity contribution >= 4 is 5.91 Å². The molecule has 18 heavy (non-hydrogen) atoms. The van der Waals surface area contributed by atoms with Gasteiger partial charge in [-0.2, -0.15) is 0 Å². The summed E-state index contributed by atoms with van der Waals surface area (Å²) < 4.78 is 5.72. The normalized spacial score (nSPS) is 25.6. The Kier molecular flexibility index (Phi) is 6.60. The number of carbonyl (C=O) groups excluding carboxylic acids is 1. The SMILES string of the molecule is CCN(CC)CCNC(C(N)=O)C1CCC(C)O1. The van der Waals surface area contributed by atoms with Crippen LogP contribution in [0.3, 0.4) is 0 Å². The van der Waals surface area contributed by atoms with Crippen molar-refractivity contribution in [2.24, 2.45) is 5.73 Å². The predicted molar refractivity (Wildman–Crippen MR) is 72.3 cm³/mol. The van der Waals surface area contributed by atoms with E-state index in [1.165, 1.54) is 0 Å². The van der Waals surface area contributed by atoms with Gasteiger partial charge in [-0.1, -0.05) is 13.8 Å². The highest BCUT2D eigenvalue weighted by Crippen LogP contribution is 2.21. The van der Waals surface area contributed by atoms with Crippen molar-refractivity contribution in [2.45, 2.75) is 51.9 Å². The van der Waals surface area contributed by atoms with E-state index in [1.807, 2.05) is 6.92 Å². The number of likely N-dealkylation sites (N-methyl/N-ethyl adjacent to an activating group) is 1. The minimum Gasteiger partial charge on any atom is -0.373 e. The second-order valence-corrected chi connectivity index (χ2v) is 4.92. The fourth-order valence-corrected chi connectivity index (χ4v) is 2.41. The Morgan fingerprint density at radius 3 is 2.56 bits per heavy atom. The van der Waals surface area contributed by atoms with Crippen LogP contribution in [0.1, 0.15) is 33.6 Å². The van der Waals surface area contributed by atoms with Gasteiger partial charge in [-0.3, -0.25) is 4.79 Å². The van der Waals surface area contributed by atoms with E-state index in [1.54, 1.807) is 0 Å². The van der Waals surface area contributed by atoms with Crippen LogP contribution in [0.4, 0.5) is 0 Å². The topological polar surface area (TPSA) is 67.6 Å². The molecule has 0 aromatic heterocycles. The van der Waals surface area contributed by atoms with E-state index in [2.05, 4.69) is 24.1 Å². The average Bonchev–Trinajstić information content (AvgIpc) is 2.75. The number of hydrogen-bond donors (Lipinski definition) is 2. The highest BCUT2D eigenvalue weighted by atomic mass is 16.5. The Balaban J connectivity index is 2.37. The molecule has 1 fully saturated rings. The number of nitrogens with two attached hydrogens (primary N) is 1. The predicted octanol–water partition coefficient (Wildman–Crippen LogP) is 0.339. The van der Waals surface area contributed by atoms with Crippen molar-refractivity contribution in [1.29, 1.82) is 0 Å². The first-order valence-corrected chi connectivity index (χ1v) is 6.99. The zero-order valence-corrected chi connectivity index (χ0v) is 11.8. The first-order chi connectivity index (χ1) is 8.58. The minimum absolute atomic E-state index is 0.0609. The number of nitrogens with one attached hydrogen (secondary N) is 1. The van der Waals surface area contributed by atoms with Crippen molar-refractivity contribution in [1.82, 2.24) is 10.2 Å². The molecule has 3 atom stereocenters. The summed E-state index contributed by atoms with van der Waals surface area (Å²) in [6.45, 7) is 10.1. The Morgan fingerprint density at radius 1 is 1.44 bits per heavy atom. The molecule has 106 valence electrons. The number of hydrogen-bond acceptors (Lipinski definition) is 4. The van der Waals surface area contributed by atoms with E-state index >= 15 is 0 Å².